The van der Waals surface area contributed by atoms with Gasteiger partial charge in [0.1, 0.15) is 12.1 Å². The van der Waals surface area contributed by atoms with Crippen LogP contribution in [0.3, 0.4) is 0 Å². The van der Waals surface area contributed by atoms with E-state index in [-0.39, 0.29) is 0 Å². The third-order valence-electron chi connectivity index (χ3n) is 2.69. The molecule has 0 aliphatic rings. The summed E-state index contributed by atoms with van der Waals surface area (Å²) in [6.45, 7) is 0. The average molecular weight is 222 g/mol. The molecule has 17 heavy (non-hydrogen) atoms. The van der Waals surface area contributed by atoms with Gasteiger partial charge in [0.05, 0.1) is 5.52 Å². The highest BCUT2D eigenvalue weighted by molar-refractivity contribution is 5.98. The third kappa shape index (κ3) is 1.59. The number of fused-ring (bicyclic) bond motifs is 1. The molecule has 3 rings (SSSR count). The lowest BCUT2D eigenvalue weighted by Gasteiger charge is -2.06. The predicted octanol–water partition coefficient (Wildman–Crippen LogP) is 2.27. The summed E-state index contributed by atoms with van der Waals surface area (Å²) in [4.78, 5) is 12.3. The van der Waals surface area contributed by atoms with Gasteiger partial charge in [0.25, 0.3) is 0 Å². The molecule has 0 aliphatic carbocycles. The fraction of sp³-hybridized carbons (Fsp3) is 0. The van der Waals surface area contributed by atoms with Crippen LogP contribution in [0.1, 0.15) is 0 Å². The number of pyridine rings is 1. The van der Waals surface area contributed by atoms with Gasteiger partial charge in [0.15, 0.2) is 0 Å². The summed E-state index contributed by atoms with van der Waals surface area (Å²) in [5.74, 6) is 0.505. The van der Waals surface area contributed by atoms with Crippen molar-refractivity contribution in [3.05, 3.63) is 49.1 Å². The van der Waals surface area contributed by atoms with Gasteiger partial charge in [-0.1, -0.05) is 12.1 Å². The van der Waals surface area contributed by atoms with E-state index in [4.69, 9.17) is 5.73 Å². The molecule has 0 atom stereocenters. The minimum absolute atomic E-state index is 0.505. The van der Waals surface area contributed by atoms with Crippen molar-refractivity contribution in [2.45, 2.75) is 0 Å². The van der Waals surface area contributed by atoms with Crippen LogP contribution in [0.2, 0.25) is 0 Å². The van der Waals surface area contributed by atoms with E-state index in [1.54, 1.807) is 12.4 Å². The van der Waals surface area contributed by atoms with Crippen molar-refractivity contribution in [1.29, 1.82) is 0 Å². The summed E-state index contributed by atoms with van der Waals surface area (Å²) >= 11 is 0. The van der Waals surface area contributed by atoms with E-state index in [0.717, 1.165) is 22.0 Å². The molecule has 2 heterocycles. The van der Waals surface area contributed by atoms with Gasteiger partial charge < -0.3 is 5.73 Å². The molecule has 0 saturated heterocycles. The van der Waals surface area contributed by atoms with E-state index in [9.17, 15) is 0 Å². The topological polar surface area (TPSA) is 64.7 Å². The van der Waals surface area contributed by atoms with Crippen LogP contribution in [0.4, 0.5) is 5.82 Å². The summed E-state index contributed by atoms with van der Waals surface area (Å²) in [5, 5.41) is 0.877. The van der Waals surface area contributed by atoms with Crippen molar-refractivity contribution < 1.29 is 0 Å². The molecule has 0 fully saturated rings. The molecule has 0 unspecified atom stereocenters. The maximum atomic E-state index is 5.84. The quantitative estimate of drug-likeness (QED) is 0.686. The first-order valence-corrected chi connectivity index (χ1v) is 5.26. The summed E-state index contributed by atoms with van der Waals surface area (Å²) in [7, 11) is 0. The van der Waals surface area contributed by atoms with Gasteiger partial charge >= 0.3 is 0 Å². The molecule has 0 amide bonds. The highest BCUT2D eigenvalue weighted by Crippen LogP contribution is 2.28. The maximum absolute atomic E-state index is 5.84. The number of benzene rings is 1. The number of nitrogens with two attached hydrogens (primary N) is 1. The van der Waals surface area contributed by atoms with Gasteiger partial charge in [-0.05, 0) is 23.8 Å². The van der Waals surface area contributed by atoms with E-state index in [1.807, 2.05) is 30.3 Å². The lowest BCUT2D eigenvalue weighted by atomic mass is 10.0. The molecule has 2 aromatic heterocycles. The number of para-hydroxylation sites is 1. The lowest BCUT2D eigenvalue weighted by Crippen LogP contribution is -1.94. The number of anilines is 1. The monoisotopic (exact) mass is 222 g/mol. The fourth-order valence-electron chi connectivity index (χ4n) is 1.87. The van der Waals surface area contributed by atoms with Gasteiger partial charge in [-0.3, -0.25) is 4.98 Å². The van der Waals surface area contributed by atoms with Gasteiger partial charge in [0, 0.05) is 23.3 Å². The van der Waals surface area contributed by atoms with E-state index < -0.39 is 0 Å². The first-order valence-electron chi connectivity index (χ1n) is 5.26. The normalized spacial score (nSPS) is 10.6. The SMILES string of the molecule is Nc1ncnc2c(-c3ccncc3)cccc12. The molecular weight excluding hydrogens is 212 g/mol. The van der Waals surface area contributed by atoms with E-state index in [2.05, 4.69) is 15.0 Å². The largest absolute Gasteiger partial charge is 0.383 e. The van der Waals surface area contributed by atoms with Crippen molar-refractivity contribution in [2.75, 3.05) is 5.73 Å². The highest BCUT2D eigenvalue weighted by atomic mass is 14.9. The third-order valence-corrected chi connectivity index (χ3v) is 2.69. The number of rotatable bonds is 1. The number of nitrogens with zero attached hydrogens (tertiary/aromatic N) is 3. The van der Waals surface area contributed by atoms with Crippen LogP contribution in [0.5, 0.6) is 0 Å². The molecule has 4 heteroatoms. The Morgan fingerprint density at radius 1 is 0.941 bits per heavy atom. The second-order valence-electron chi connectivity index (χ2n) is 3.70. The van der Waals surface area contributed by atoms with Gasteiger partial charge in [-0.2, -0.15) is 0 Å². The Hall–Kier alpha value is -2.49. The van der Waals surface area contributed by atoms with Crippen LogP contribution in [-0.4, -0.2) is 15.0 Å². The Labute approximate surface area is 98.2 Å². The first-order chi connectivity index (χ1) is 8.36. The number of hydrogen-bond donors (Lipinski definition) is 1. The Morgan fingerprint density at radius 3 is 2.59 bits per heavy atom. The minimum Gasteiger partial charge on any atom is -0.383 e. The van der Waals surface area contributed by atoms with E-state index in [0.29, 0.717) is 5.82 Å². The Balaban J connectivity index is 2.35. The number of hydrogen-bond acceptors (Lipinski definition) is 4. The molecule has 0 saturated carbocycles. The summed E-state index contributed by atoms with van der Waals surface area (Å²) in [5.41, 5.74) is 8.82. The van der Waals surface area contributed by atoms with Gasteiger partial charge in [-0.25, -0.2) is 9.97 Å². The minimum atomic E-state index is 0.505. The molecule has 2 N–H and O–H groups in total. The molecule has 1 aromatic carbocycles. The Morgan fingerprint density at radius 2 is 1.76 bits per heavy atom. The predicted molar refractivity (Wildman–Crippen MR) is 67.2 cm³/mol. The van der Waals surface area contributed by atoms with Crippen molar-refractivity contribution in [2.24, 2.45) is 0 Å². The molecule has 3 aromatic rings. The van der Waals surface area contributed by atoms with Crippen molar-refractivity contribution in [3.63, 3.8) is 0 Å². The number of nitrogen functional groups attached to an aromatic ring is 1. The zero-order valence-electron chi connectivity index (χ0n) is 9.04. The zero-order chi connectivity index (χ0) is 11.7. The van der Waals surface area contributed by atoms with Crippen LogP contribution in [0.25, 0.3) is 22.0 Å². The molecule has 0 aliphatic heterocycles. The average Bonchev–Trinajstić information content (AvgIpc) is 2.40. The van der Waals surface area contributed by atoms with Gasteiger partial charge in [0.2, 0.25) is 0 Å². The van der Waals surface area contributed by atoms with Crippen LogP contribution in [0, 0.1) is 0 Å². The molecule has 0 spiro atoms. The van der Waals surface area contributed by atoms with Crippen molar-refractivity contribution in [1.82, 2.24) is 15.0 Å². The number of aromatic nitrogens is 3. The highest BCUT2D eigenvalue weighted by Gasteiger charge is 2.06. The Bertz CT molecular complexity index is 665. The lowest BCUT2D eigenvalue weighted by molar-refractivity contribution is 1.23. The van der Waals surface area contributed by atoms with Crippen LogP contribution < -0.4 is 5.73 Å². The molecule has 4 nitrogen and oxygen atoms in total. The van der Waals surface area contributed by atoms with E-state index >= 15 is 0 Å². The second kappa shape index (κ2) is 3.83. The fourth-order valence-corrected chi connectivity index (χ4v) is 1.87. The van der Waals surface area contributed by atoms with E-state index in [1.165, 1.54) is 6.33 Å². The van der Waals surface area contributed by atoms with Crippen LogP contribution in [-0.2, 0) is 0 Å². The van der Waals surface area contributed by atoms with Crippen LogP contribution in [0.15, 0.2) is 49.1 Å². The molecule has 0 radical (unpaired) electrons. The Kier molecular flexibility index (Phi) is 2.19. The summed E-state index contributed by atoms with van der Waals surface area (Å²) in [6, 6.07) is 9.80. The summed E-state index contributed by atoms with van der Waals surface area (Å²) in [6.07, 6.45) is 5.01. The smallest absolute Gasteiger partial charge is 0.134 e. The second-order valence-corrected chi connectivity index (χ2v) is 3.70. The molecule has 0 bridgehead atoms. The molecular formula is C13H10N4. The van der Waals surface area contributed by atoms with Crippen molar-refractivity contribution >= 4 is 16.7 Å². The first kappa shape index (κ1) is 9.72. The van der Waals surface area contributed by atoms with Gasteiger partial charge in [-0.15, -0.1) is 0 Å². The maximum Gasteiger partial charge on any atom is 0.134 e. The zero-order valence-corrected chi connectivity index (χ0v) is 9.04. The van der Waals surface area contributed by atoms with Crippen LogP contribution >= 0.6 is 0 Å². The standard InChI is InChI=1S/C13H10N4/c14-13-11-3-1-2-10(12(11)16-8-17-13)9-4-6-15-7-5-9/h1-8H,(H2,14,16,17). The van der Waals surface area contributed by atoms with Crippen molar-refractivity contribution in [3.8, 4) is 11.1 Å². The summed E-state index contributed by atoms with van der Waals surface area (Å²) < 4.78 is 0. The molecule has 82 valence electrons.